The van der Waals surface area contributed by atoms with Gasteiger partial charge >= 0.3 is 0 Å². The minimum absolute atomic E-state index is 0.231. The van der Waals surface area contributed by atoms with Gasteiger partial charge in [-0.3, -0.25) is 15.6 Å². The molecule has 1 saturated heterocycles. The Morgan fingerprint density at radius 3 is 2.86 bits per heavy atom. The lowest BCUT2D eigenvalue weighted by atomic mass is 9.77. The fourth-order valence-corrected chi connectivity index (χ4v) is 2.92. The third-order valence-corrected chi connectivity index (χ3v) is 4.37. The number of carbonyl (C=O) groups is 1. The van der Waals surface area contributed by atoms with Crippen LogP contribution in [-0.2, 0) is 11.3 Å². The fourth-order valence-electron chi connectivity index (χ4n) is 2.92. The Labute approximate surface area is 126 Å². The quantitative estimate of drug-likeness (QED) is 0.663. The number of nitrogens with two attached hydrogens (primary N) is 1. The van der Waals surface area contributed by atoms with Gasteiger partial charge in [0, 0.05) is 19.2 Å². The zero-order valence-corrected chi connectivity index (χ0v) is 13.2. The molecule has 5 nitrogen and oxygen atoms in total. The van der Waals surface area contributed by atoms with Gasteiger partial charge in [0.05, 0.1) is 17.9 Å². The van der Waals surface area contributed by atoms with E-state index in [-0.39, 0.29) is 11.3 Å². The number of rotatable bonds is 3. The van der Waals surface area contributed by atoms with Crippen molar-refractivity contribution in [1.82, 2.24) is 9.88 Å². The van der Waals surface area contributed by atoms with E-state index in [9.17, 15) is 4.79 Å². The van der Waals surface area contributed by atoms with Crippen molar-refractivity contribution in [3.63, 3.8) is 0 Å². The lowest BCUT2D eigenvalue weighted by Crippen LogP contribution is -2.30. The SMILES string of the molecule is CC(C)(C)C1CCC(=O)N(Cc2cc(NN)ccn2)CC1. The van der Waals surface area contributed by atoms with Gasteiger partial charge in [0.2, 0.25) is 5.91 Å². The summed E-state index contributed by atoms with van der Waals surface area (Å²) in [5.41, 5.74) is 4.56. The molecule has 0 bridgehead atoms. The highest BCUT2D eigenvalue weighted by Gasteiger charge is 2.29. The van der Waals surface area contributed by atoms with Crippen molar-refractivity contribution in [3.05, 3.63) is 24.0 Å². The average Bonchev–Trinajstić information content (AvgIpc) is 2.62. The highest BCUT2D eigenvalue weighted by atomic mass is 16.2. The minimum atomic E-state index is 0.231. The van der Waals surface area contributed by atoms with E-state index in [0.29, 0.717) is 18.9 Å². The molecule has 1 amide bonds. The van der Waals surface area contributed by atoms with E-state index in [2.05, 4.69) is 31.2 Å². The second-order valence-corrected chi connectivity index (χ2v) is 6.89. The number of anilines is 1. The van der Waals surface area contributed by atoms with Crippen molar-refractivity contribution < 1.29 is 4.79 Å². The Morgan fingerprint density at radius 1 is 1.43 bits per heavy atom. The van der Waals surface area contributed by atoms with Gasteiger partial charge in [-0.1, -0.05) is 20.8 Å². The van der Waals surface area contributed by atoms with Crippen molar-refractivity contribution in [2.45, 2.75) is 46.6 Å². The van der Waals surface area contributed by atoms with Crippen LogP contribution < -0.4 is 11.3 Å². The van der Waals surface area contributed by atoms with Crippen molar-refractivity contribution in [1.29, 1.82) is 0 Å². The molecule has 1 unspecified atom stereocenters. The number of pyridine rings is 1. The third kappa shape index (κ3) is 4.17. The van der Waals surface area contributed by atoms with Crippen LogP contribution in [0.2, 0.25) is 0 Å². The number of hydrogen-bond acceptors (Lipinski definition) is 4. The molecule has 0 aliphatic carbocycles. The standard InChI is InChI=1S/C16H26N4O/c1-16(2,3)12-4-5-15(21)20(9-7-12)11-14-10-13(19-17)6-8-18-14/h6,8,10,12H,4-5,7,9,11,17H2,1-3H3,(H,18,19). The zero-order chi connectivity index (χ0) is 15.5. The lowest BCUT2D eigenvalue weighted by molar-refractivity contribution is -0.131. The first kappa shape index (κ1) is 15.8. The Morgan fingerprint density at radius 2 is 2.19 bits per heavy atom. The molecule has 0 radical (unpaired) electrons. The van der Waals surface area contributed by atoms with Crippen LogP contribution in [0, 0.1) is 11.3 Å². The topological polar surface area (TPSA) is 71.2 Å². The summed E-state index contributed by atoms with van der Waals surface area (Å²) in [6.07, 6.45) is 4.39. The molecule has 1 aromatic rings. The molecule has 1 aromatic heterocycles. The van der Waals surface area contributed by atoms with E-state index in [1.54, 1.807) is 6.20 Å². The van der Waals surface area contributed by atoms with E-state index in [1.165, 1.54) is 0 Å². The van der Waals surface area contributed by atoms with Gasteiger partial charge in [-0.2, -0.15) is 0 Å². The highest BCUT2D eigenvalue weighted by Crippen LogP contribution is 2.34. The molecule has 1 fully saturated rings. The second-order valence-electron chi connectivity index (χ2n) is 6.89. The molecule has 116 valence electrons. The molecule has 3 N–H and O–H groups in total. The first-order chi connectivity index (χ1) is 9.90. The van der Waals surface area contributed by atoms with Crippen LogP contribution in [0.5, 0.6) is 0 Å². The van der Waals surface area contributed by atoms with Gasteiger partial charge in [-0.25, -0.2) is 0 Å². The summed E-state index contributed by atoms with van der Waals surface area (Å²) in [6, 6.07) is 3.70. The Hall–Kier alpha value is -1.62. The molecule has 1 aliphatic heterocycles. The van der Waals surface area contributed by atoms with Gasteiger partial charge in [0.15, 0.2) is 0 Å². The van der Waals surface area contributed by atoms with E-state index >= 15 is 0 Å². The van der Waals surface area contributed by atoms with Crippen LogP contribution in [0.3, 0.4) is 0 Å². The summed E-state index contributed by atoms with van der Waals surface area (Å²) in [7, 11) is 0. The maximum atomic E-state index is 12.3. The maximum Gasteiger partial charge on any atom is 0.222 e. The van der Waals surface area contributed by atoms with Gasteiger partial charge in [0.1, 0.15) is 0 Å². The smallest absolute Gasteiger partial charge is 0.222 e. The zero-order valence-electron chi connectivity index (χ0n) is 13.2. The number of nitrogen functional groups attached to an aromatic ring is 1. The number of carbonyl (C=O) groups excluding carboxylic acids is 1. The largest absolute Gasteiger partial charge is 0.337 e. The Balaban J connectivity index is 2.04. The molecule has 1 aliphatic rings. The van der Waals surface area contributed by atoms with E-state index in [0.717, 1.165) is 30.8 Å². The summed E-state index contributed by atoms with van der Waals surface area (Å²) in [4.78, 5) is 18.6. The summed E-state index contributed by atoms with van der Waals surface area (Å²) >= 11 is 0. The summed E-state index contributed by atoms with van der Waals surface area (Å²) < 4.78 is 0. The first-order valence-electron chi connectivity index (χ1n) is 7.59. The fraction of sp³-hybridized carbons (Fsp3) is 0.625. The third-order valence-electron chi connectivity index (χ3n) is 4.37. The van der Waals surface area contributed by atoms with E-state index in [4.69, 9.17) is 5.84 Å². The van der Waals surface area contributed by atoms with Gasteiger partial charge in [-0.15, -0.1) is 0 Å². The van der Waals surface area contributed by atoms with E-state index < -0.39 is 0 Å². The van der Waals surface area contributed by atoms with Crippen molar-refractivity contribution in [3.8, 4) is 0 Å². The number of nitrogens with zero attached hydrogens (tertiary/aromatic N) is 2. The maximum absolute atomic E-state index is 12.3. The van der Waals surface area contributed by atoms with Gasteiger partial charge < -0.3 is 10.3 Å². The molecule has 1 atom stereocenters. The number of amides is 1. The van der Waals surface area contributed by atoms with Gasteiger partial charge in [0.25, 0.3) is 0 Å². The summed E-state index contributed by atoms with van der Waals surface area (Å²) in [5.74, 6) is 6.24. The van der Waals surface area contributed by atoms with Crippen LogP contribution in [0.4, 0.5) is 5.69 Å². The summed E-state index contributed by atoms with van der Waals surface area (Å²) in [5, 5.41) is 0. The molecule has 21 heavy (non-hydrogen) atoms. The number of nitrogens with one attached hydrogen (secondary N) is 1. The van der Waals surface area contributed by atoms with Crippen LogP contribution in [0.15, 0.2) is 18.3 Å². The minimum Gasteiger partial charge on any atom is -0.337 e. The summed E-state index contributed by atoms with van der Waals surface area (Å²) in [6.45, 7) is 8.15. The number of hydrogen-bond donors (Lipinski definition) is 2. The molecule has 0 saturated carbocycles. The number of likely N-dealkylation sites (tertiary alicyclic amines) is 1. The van der Waals surface area contributed by atoms with Crippen LogP contribution in [0.1, 0.15) is 45.7 Å². The van der Waals surface area contributed by atoms with Gasteiger partial charge in [-0.05, 0) is 36.3 Å². The molecule has 2 heterocycles. The monoisotopic (exact) mass is 290 g/mol. The normalized spacial score (nSPS) is 20.3. The molecule has 5 heteroatoms. The lowest BCUT2D eigenvalue weighted by Gasteiger charge is -2.29. The average molecular weight is 290 g/mol. The van der Waals surface area contributed by atoms with Crippen LogP contribution >= 0.6 is 0 Å². The Bertz CT molecular complexity index is 495. The highest BCUT2D eigenvalue weighted by molar-refractivity contribution is 5.76. The molecular weight excluding hydrogens is 264 g/mol. The van der Waals surface area contributed by atoms with Crippen LogP contribution in [0.25, 0.3) is 0 Å². The van der Waals surface area contributed by atoms with Crippen LogP contribution in [-0.4, -0.2) is 22.3 Å². The van der Waals surface area contributed by atoms with Crippen molar-refractivity contribution in [2.75, 3.05) is 12.0 Å². The van der Waals surface area contributed by atoms with E-state index in [1.807, 2.05) is 17.0 Å². The predicted molar refractivity (Wildman–Crippen MR) is 84.3 cm³/mol. The molecule has 2 rings (SSSR count). The van der Waals surface area contributed by atoms with Crippen molar-refractivity contribution in [2.24, 2.45) is 17.2 Å². The second kappa shape index (κ2) is 6.43. The number of hydrazine groups is 1. The number of aromatic nitrogens is 1. The van der Waals surface area contributed by atoms with Crippen molar-refractivity contribution >= 4 is 11.6 Å². The Kier molecular flexibility index (Phi) is 4.83. The predicted octanol–water partition coefficient (Wildman–Crippen LogP) is 2.54. The molecule has 0 aromatic carbocycles. The molecular formula is C16H26N4O. The molecule has 0 spiro atoms. The first-order valence-corrected chi connectivity index (χ1v) is 7.59.